The van der Waals surface area contributed by atoms with Gasteiger partial charge in [-0.15, -0.1) is 0 Å². The van der Waals surface area contributed by atoms with E-state index in [0.29, 0.717) is 19.0 Å². The number of nitrogens with one attached hydrogen (secondary N) is 1. The number of rotatable bonds is 6. The second-order valence-corrected chi connectivity index (χ2v) is 4.54. The van der Waals surface area contributed by atoms with Crippen LogP contribution in [0.3, 0.4) is 0 Å². The van der Waals surface area contributed by atoms with E-state index in [2.05, 4.69) is 29.1 Å². The Morgan fingerprint density at radius 2 is 2.18 bits per heavy atom. The first-order chi connectivity index (χ1) is 7.94. The molecule has 17 heavy (non-hydrogen) atoms. The lowest BCUT2D eigenvalue weighted by atomic mass is 9.95. The molecule has 1 rings (SSSR count). The lowest BCUT2D eigenvalue weighted by molar-refractivity contribution is 0.0690. The highest BCUT2D eigenvalue weighted by atomic mass is 16.5. The van der Waals surface area contributed by atoms with Crippen LogP contribution in [0.15, 0.2) is 12.4 Å². The second-order valence-electron chi connectivity index (χ2n) is 4.54. The minimum atomic E-state index is -1.08. The first kappa shape index (κ1) is 13.4. The number of aromatic carboxylic acids is 1. The molecule has 0 saturated carbocycles. The molecule has 0 fully saturated rings. The van der Waals surface area contributed by atoms with Crippen LogP contribution in [-0.4, -0.2) is 41.3 Å². The number of carboxylic acid groups (broad SMARTS) is 1. The maximum Gasteiger partial charge on any atom is 0.356 e. The molecule has 94 valence electrons. The fraction of sp³-hybridized carbons (Fsp3) is 0.545. The number of hydrogen-bond donors (Lipinski definition) is 2. The minimum absolute atomic E-state index is 0.0259. The van der Waals surface area contributed by atoms with Gasteiger partial charge in [0.1, 0.15) is 5.82 Å². The van der Waals surface area contributed by atoms with E-state index >= 15 is 0 Å². The Balaban J connectivity index is 2.55. The maximum atomic E-state index is 10.6. The predicted molar refractivity (Wildman–Crippen MR) is 63.1 cm³/mol. The van der Waals surface area contributed by atoms with Crippen molar-refractivity contribution in [3.8, 4) is 0 Å². The van der Waals surface area contributed by atoms with Crippen molar-refractivity contribution in [2.45, 2.75) is 13.8 Å². The Morgan fingerprint density at radius 1 is 1.47 bits per heavy atom. The summed E-state index contributed by atoms with van der Waals surface area (Å²) in [7, 11) is 1.66. The lowest BCUT2D eigenvalue weighted by Gasteiger charge is -2.23. The summed E-state index contributed by atoms with van der Waals surface area (Å²) in [6.45, 7) is 5.41. The van der Waals surface area contributed by atoms with E-state index < -0.39 is 5.97 Å². The van der Waals surface area contributed by atoms with E-state index in [9.17, 15) is 4.79 Å². The summed E-state index contributed by atoms with van der Waals surface area (Å²) in [6.07, 6.45) is 2.64. The Morgan fingerprint density at radius 3 is 2.65 bits per heavy atom. The van der Waals surface area contributed by atoms with Crippen LogP contribution < -0.4 is 5.32 Å². The van der Waals surface area contributed by atoms with Crippen LogP contribution in [0.4, 0.5) is 5.82 Å². The molecule has 0 aliphatic rings. The zero-order chi connectivity index (χ0) is 12.9. The highest BCUT2D eigenvalue weighted by molar-refractivity contribution is 5.84. The smallest absolute Gasteiger partial charge is 0.356 e. The number of anilines is 1. The van der Waals surface area contributed by atoms with Gasteiger partial charge in [-0.2, -0.15) is 0 Å². The summed E-state index contributed by atoms with van der Waals surface area (Å²) in [6, 6.07) is 0. The summed E-state index contributed by atoms with van der Waals surface area (Å²) in [5.41, 5.74) is -0.0891. The van der Waals surface area contributed by atoms with Crippen molar-refractivity contribution >= 4 is 11.8 Å². The number of carbonyl (C=O) groups is 1. The highest BCUT2D eigenvalue weighted by Crippen LogP contribution is 2.15. The molecule has 0 atom stereocenters. The molecular formula is C11H17N3O3. The summed E-state index contributed by atoms with van der Waals surface area (Å²) in [5.74, 6) is -0.525. The molecule has 0 radical (unpaired) electrons. The first-order valence-corrected chi connectivity index (χ1v) is 5.23. The van der Waals surface area contributed by atoms with Gasteiger partial charge >= 0.3 is 5.97 Å². The van der Waals surface area contributed by atoms with Crippen molar-refractivity contribution in [1.29, 1.82) is 0 Å². The topological polar surface area (TPSA) is 84.3 Å². The van der Waals surface area contributed by atoms with E-state index in [4.69, 9.17) is 9.84 Å². The van der Waals surface area contributed by atoms with Gasteiger partial charge in [0, 0.05) is 19.1 Å². The summed E-state index contributed by atoms with van der Waals surface area (Å²) in [5, 5.41) is 11.8. The van der Waals surface area contributed by atoms with Crippen LogP contribution in [0.1, 0.15) is 24.3 Å². The fourth-order valence-corrected chi connectivity index (χ4v) is 1.30. The van der Waals surface area contributed by atoms with E-state index in [-0.39, 0.29) is 11.1 Å². The van der Waals surface area contributed by atoms with Gasteiger partial charge in [0.2, 0.25) is 0 Å². The van der Waals surface area contributed by atoms with E-state index in [1.165, 1.54) is 12.4 Å². The molecule has 0 bridgehead atoms. The van der Waals surface area contributed by atoms with Crippen LogP contribution in [0.2, 0.25) is 0 Å². The summed E-state index contributed by atoms with van der Waals surface area (Å²) < 4.78 is 5.09. The molecule has 0 amide bonds. The first-order valence-electron chi connectivity index (χ1n) is 5.23. The molecule has 0 spiro atoms. The van der Waals surface area contributed by atoms with Crippen LogP contribution in [-0.2, 0) is 4.74 Å². The zero-order valence-corrected chi connectivity index (χ0v) is 10.2. The number of hydrogen-bond acceptors (Lipinski definition) is 5. The number of ether oxygens (including phenoxy) is 1. The second kappa shape index (κ2) is 5.58. The van der Waals surface area contributed by atoms with Crippen LogP contribution in [0.25, 0.3) is 0 Å². The molecule has 6 heteroatoms. The van der Waals surface area contributed by atoms with Crippen LogP contribution in [0.5, 0.6) is 0 Å². The van der Waals surface area contributed by atoms with Crippen molar-refractivity contribution in [3.05, 3.63) is 18.1 Å². The third kappa shape index (κ3) is 4.36. The summed E-state index contributed by atoms with van der Waals surface area (Å²) >= 11 is 0. The molecular weight excluding hydrogens is 222 g/mol. The predicted octanol–water partition coefficient (Wildman–Crippen LogP) is 1.26. The van der Waals surface area contributed by atoms with Crippen LogP contribution in [0, 0.1) is 5.41 Å². The SMILES string of the molecule is COCC(C)(C)CNc1cnc(C(=O)O)cn1. The van der Waals surface area contributed by atoms with Crippen molar-refractivity contribution in [2.75, 3.05) is 25.6 Å². The third-order valence-corrected chi connectivity index (χ3v) is 2.15. The van der Waals surface area contributed by atoms with Crippen molar-refractivity contribution in [2.24, 2.45) is 5.41 Å². The minimum Gasteiger partial charge on any atom is -0.476 e. The normalized spacial score (nSPS) is 11.2. The standard InChI is InChI=1S/C11H17N3O3/c1-11(2,7-17-3)6-14-9-5-12-8(4-13-9)10(15)16/h4-5H,6-7H2,1-3H3,(H,13,14)(H,15,16). The number of carboxylic acids is 1. The van der Waals surface area contributed by atoms with Gasteiger partial charge in [-0.25, -0.2) is 14.8 Å². The van der Waals surface area contributed by atoms with Gasteiger partial charge in [0.05, 0.1) is 19.0 Å². The molecule has 0 aliphatic heterocycles. The molecule has 0 saturated heterocycles. The number of nitrogens with zero attached hydrogens (tertiary/aromatic N) is 2. The van der Waals surface area contributed by atoms with E-state index in [1.54, 1.807) is 7.11 Å². The Labute approximate surface area is 100 Å². The van der Waals surface area contributed by atoms with Crippen LogP contribution >= 0.6 is 0 Å². The van der Waals surface area contributed by atoms with Gasteiger partial charge in [0.25, 0.3) is 0 Å². The molecule has 1 heterocycles. The average molecular weight is 239 g/mol. The highest BCUT2D eigenvalue weighted by Gasteiger charge is 2.17. The number of methoxy groups -OCH3 is 1. The van der Waals surface area contributed by atoms with Crippen molar-refractivity contribution in [3.63, 3.8) is 0 Å². The molecule has 2 N–H and O–H groups in total. The van der Waals surface area contributed by atoms with Gasteiger partial charge in [-0.1, -0.05) is 13.8 Å². The third-order valence-electron chi connectivity index (χ3n) is 2.15. The number of aromatic nitrogens is 2. The van der Waals surface area contributed by atoms with Gasteiger partial charge < -0.3 is 15.2 Å². The monoisotopic (exact) mass is 239 g/mol. The molecule has 0 aromatic carbocycles. The van der Waals surface area contributed by atoms with E-state index in [1.807, 2.05) is 0 Å². The zero-order valence-electron chi connectivity index (χ0n) is 10.2. The molecule has 0 aliphatic carbocycles. The van der Waals surface area contributed by atoms with Crippen molar-refractivity contribution in [1.82, 2.24) is 9.97 Å². The molecule has 1 aromatic heterocycles. The Kier molecular flexibility index (Phi) is 4.39. The van der Waals surface area contributed by atoms with E-state index in [0.717, 1.165) is 0 Å². The lowest BCUT2D eigenvalue weighted by Crippen LogP contribution is -2.28. The Bertz CT molecular complexity index is 376. The van der Waals surface area contributed by atoms with Gasteiger partial charge in [0.15, 0.2) is 5.69 Å². The molecule has 0 unspecified atom stereocenters. The molecule has 6 nitrogen and oxygen atoms in total. The summed E-state index contributed by atoms with van der Waals surface area (Å²) in [4.78, 5) is 18.3. The Hall–Kier alpha value is -1.69. The van der Waals surface area contributed by atoms with Gasteiger partial charge in [-0.05, 0) is 0 Å². The van der Waals surface area contributed by atoms with Gasteiger partial charge in [-0.3, -0.25) is 0 Å². The largest absolute Gasteiger partial charge is 0.476 e. The quantitative estimate of drug-likeness (QED) is 0.777. The fourth-order valence-electron chi connectivity index (χ4n) is 1.30. The maximum absolute atomic E-state index is 10.6. The molecule has 1 aromatic rings. The average Bonchev–Trinajstić information content (AvgIpc) is 2.27. The van der Waals surface area contributed by atoms with Crippen molar-refractivity contribution < 1.29 is 14.6 Å².